The smallest absolute Gasteiger partial charge is 0.422 e. The molecule has 1 fully saturated rings. The number of pyridine rings is 1. The molecule has 2 aromatic heterocycles. The lowest BCUT2D eigenvalue weighted by atomic mass is 9.84. The van der Waals surface area contributed by atoms with Gasteiger partial charge in [-0.1, -0.05) is 25.9 Å². The molecule has 10 heteroatoms. The van der Waals surface area contributed by atoms with E-state index in [0.717, 1.165) is 12.8 Å². The molecule has 0 bridgehead atoms. The van der Waals surface area contributed by atoms with Gasteiger partial charge in [-0.3, -0.25) is 9.78 Å². The molecule has 0 aliphatic heterocycles. The Hall–Kier alpha value is -2.65. The van der Waals surface area contributed by atoms with Crippen LogP contribution in [0.25, 0.3) is 0 Å². The second-order valence-electron chi connectivity index (χ2n) is 8.16. The van der Waals surface area contributed by atoms with E-state index in [1.165, 1.54) is 18.3 Å². The fourth-order valence-corrected chi connectivity index (χ4v) is 3.12. The van der Waals surface area contributed by atoms with Gasteiger partial charge in [0, 0.05) is 25.2 Å². The Kier molecular flexibility index (Phi) is 5.55. The monoisotopic (exact) mass is 412 g/mol. The van der Waals surface area contributed by atoms with Crippen LogP contribution in [-0.2, 0) is 0 Å². The number of ether oxygens (including phenoxy) is 1. The maximum atomic E-state index is 13.3. The predicted molar refractivity (Wildman–Crippen MR) is 96.2 cm³/mol. The summed E-state index contributed by atoms with van der Waals surface area (Å²) in [5.41, 5.74) is -0.412. The molecule has 158 valence electrons. The van der Waals surface area contributed by atoms with Gasteiger partial charge in [0.1, 0.15) is 17.5 Å². The Morgan fingerprint density at radius 3 is 2.55 bits per heavy atom. The van der Waals surface area contributed by atoms with Crippen molar-refractivity contribution in [1.82, 2.24) is 20.0 Å². The first-order chi connectivity index (χ1) is 13.5. The molecule has 0 spiro atoms. The third kappa shape index (κ3) is 5.24. The highest BCUT2D eigenvalue weighted by Gasteiger charge is 2.45. The standard InChI is InChI=1S/C19H23F3N4O3/c1-11-24-16(25-29-11)15(18(2,3)4)26(12-5-6-12)17(27)14-9-13(7-8-23-14)28-10-19(20,21)22/h7-9,12,15H,5-6,10H2,1-4H3. The minimum atomic E-state index is -4.47. The number of carbonyl (C=O) groups excluding carboxylic acids is 1. The summed E-state index contributed by atoms with van der Waals surface area (Å²) in [4.78, 5) is 23.4. The van der Waals surface area contributed by atoms with E-state index in [2.05, 4.69) is 15.1 Å². The summed E-state index contributed by atoms with van der Waals surface area (Å²) in [5.74, 6) is 0.296. The summed E-state index contributed by atoms with van der Waals surface area (Å²) >= 11 is 0. The maximum absolute atomic E-state index is 13.3. The van der Waals surface area contributed by atoms with E-state index in [0.29, 0.717) is 11.7 Å². The summed E-state index contributed by atoms with van der Waals surface area (Å²) in [6.45, 7) is 6.11. The lowest BCUT2D eigenvalue weighted by molar-refractivity contribution is -0.153. The minimum absolute atomic E-state index is 0.00559. The van der Waals surface area contributed by atoms with Crippen LogP contribution in [0.3, 0.4) is 0 Å². The van der Waals surface area contributed by atoms with Crippen molar-refractivity contribution >= 4 is 5.91 Å². The van der Waals surface area contributed by atoms with Crippen LogP contribution in [0, 0.1) is 12.3 Å². The van der Waals surface area contributed by atoms with Crippen LogP contribution in [0.2, 0.25) is 0 Å². The number of halogens is 3. The quantitative estimate of drug-likeness (QED) is 0.710. The lowest BCUT2D eigenvalue weighted by Crippen LogP contribution is -2.43. The highest BCUT2D eigenvalue weighted by Crippen LogP contribution is 2.43. The Balaban J connectivity index is 1.92. The summed E-state index contributed by atoms with van der Waals surface area (Å²) in [7, 11) is 0. The molecule has 0 N–H and O–H groups in total. The molecule has 1 unspecified atom stereocenters. The first kappa shape index (κ1) is 21.1. The molecule has 2 aromatic rings. The normalized spacial score (nSPS) is 15.8. The topological polar surface area (TPSA) is 81.4 Å². The first-order valence-electron chi connectivity index (χ1n) is 9.24. The lowest BCUT2D eigenvalue weighted by Gasteiger charge is -2.38. The van der Waals surface area contributed by atoms with Crippen molar-refractivity contribution in [3.8, 4) is 5.75 Å². The fourth-order valence-electron chi connectivity index (χ4n) is 3.12. The number of aryl methyl sites for hydroxylation is 1. The van der Waals surface area contributed by atoms with Gasteiger partial charge in [-0.2, -0.15) is 18.2 Å². The third-order valence-electron chi connectivity index (χ3n) is 4.41. The number of amides is 1. The number of carbonyl (C=O) groups is 1. The molecule has 3 rings (SSSR count). The largest absolute Gasteiger partial charge is 0.484 e. The Labute approximate surface area is 166 Å². The first-order valence-corrected chi connectivity index (χ1v) is 9.24. The van der Waals surface area contributed by atoms with Crippen molar-refractivity contribution in [2.75, 3.05) is 6.61 Å². The van der Waals surface area contributed by atoms with Crippen LogP contribution in [-0.4, -0.2) is 44.8 Å². The summed E-state index contributed by atoms with van der Waals surface area (Å²) < 4.78 is 47.2. The summed E-state index contributed by atoms with van der Waals surface area (Å²) in [5, 5.41) is 4.01. The van der Waals surface area contributed by atoms with Crippen LogP contribution in [0.1, 0.15) is 61.9 Å². The van der Waals surface area contributed by atoms with Crippen molar-refractivity contribution in [1.29, 1.82) is 0 Å². The van der Waals surface area contributed by atoms with Crippen LogP contribution < -0.4 is 4.74 Å². The van der Waals surface area contributed by atoms with Crippen molar-refractivity contribution in [3.05, 3.63) is 35.7 Å². The molecule has 1 aliphatic carbocycles. The van der Waals surface area contributed by atoms with Gasteiger partial charge in [-0.05, 0) is 24.3 Å². The molecule has 0 aromatic carbocycles. The number of aromatic nitrogens is 3. The minimum Gasteiger partial charge on any atom is -0.484 e. The number of hydrogen-bond donors (Lipinski definition) is 0. The second kappa shape index (κ2) is 7.64. The number of hydrogen-bond acceptors (Lipinski definition) is 6. The molecule has 29 heavy (non-hydrogen) atoms. The Morgan fingerprint density at radius 2 is 2.03 bits per heavy atom. The molecule has 2 heterocycles. The number of nitrogens with zero attached hydrogens (tertiary/aromatic N) is 4. The molecule has 1 atom stereocenters. The van der Waals surface area contributed by atoms with Gasteiger partial charge >= 0.3 is 6.18 Å². The third-order valence-corrected chi connectivity index (χ3v) is 4.41. The van der Waals surface area contributed by atoms with Gasteiger partial charge in [0.25, 0.3) is 5.91 Å². The molecule has 0 radical (unpaired) electrons. The van der Waals surface area contributed by atoms with E-state index < -0.39 is 30.1 Å². The SMILES string of the molecule is Cc1nc(C(N(C(=O)c2cc(OCC(F)(F)F)ccn2)C2CC2)C(C)(C)C)no1. The average molecular weight is 412 g/mol. The zero-order valence-corrected chi connectivity index (χ0v) is 16.7. The highest BCUT2D eigenvalue weighted by atomic mass is 19.4. The highest BCUT2D eigenvalue weighted by molar-refractivity contribution is 5.93. The summed E-state index contributed by atoms with van der Waals surface area (Å²) in [6.07, 6.45) is -1.57. The van der Waals surface area contributed by atoms with E-state index in [9.17, 15) is 18.0 Å². The summed E-state index contributed by atoms with van der Waals surface area (Å²) in [6, 6.07) is 2.01. The van der Waals surface area contributed by atoms with E-state index in [4.69, 9.17) is 9.26 Å². The zero-order chi connectivity index (χ0) is 21.4. The Morgan fingerprint density at radius 1 is 1.34 bits per heavy atom. The molecular weight excluding hydrogens is 389 g/mol. The van der Waals surface area contributed by atoms with Crippen molar-refractivity contribution < 1.29 is 27.2 Å². The fraction of sp³-hybridized carbons (Fsp3) is 0.579. The van der Waals surface area contributed by atoms with Crippen LogP contribution in [0.15, 0.2) is 22.9 Å². The van der Waals surface area contributed by atoms with Crippen molar-refractivity contribution in [2.45, 2.75) is 58.8 Å². The predicted octanol–water partition coefficient (Wildman–Crippen LogP) is 4.11. The van der Waals surface area contributed by atoms with Gasteiger partial charge in [0.15, 0.2) is 12.4 Å². The average Bonchev–Trinajstić information content (AvgIpc) is 3.37. The van der Waals surface area contributed by atoms with Crippen LogP contribution >= 0.6 is 0 Å². The van der Waals surface area contributed by atoms with Gasteiger partial charge in [-0.15, -0.1) is 0 Å². The molecule has 1 amide bonds. The van der Waals surface area contributed by atoms with Gasteiger partial charge in [0.05, 0.1) is 0 Å². The molecule has 1 aliphatic rings. The Bertz CT molecular complexity index is 872. The van der Waals surface area contributed by atoms with Gasteiger partial charge < -0.3 is 14.2 Å². The van der Waals surface area contributed by atoms with Crippen LogP contribution in [0.4, 0.5) is 13.2 Å². The zero-order valence-electron chi connectivity index (χ0n) is 16.7. The number of rotatable bonds is 6. The van der Waals surface area contributed by atoms with Crippen LogP contribution in [0.5, 0.6) is 5.75 Å². The maximum Gasteiger partial charge on any atom is 0.422 e. The van der Waals surface area contributed by atoms with E-state index in [-0.39, 0.29) is 17.5 Å². The van der Waals surface area contributed by atoms with E-state index >= 15 is 0 Å². The van der Waals surface area contributed by atoms with Crippen molar-refractivity contribution in [2.24, 2.45) is 5.41 Å². The van der Waals surface area contributed by atoms with Crippen molar-refractivity contribution in [3.63, 3.8) is 0 Å². The molecule has 1 saturated carbocycles. The number of alkyl halides is 3. The van der Waals surface area contributed by atoms with E-state index in [1.54, 1.807) is 11.8 Å². The van der Waals surface area contributed by atoms with E-state index in [1.807, 2.05) is 20.8 Å². The van der Waals surface area contributed by atoms with Gasteiger partial charge in [0.2, 0.25) is 5.89 Å². The second-order valence-corrected chi connectivity index (χ2v) is 8.16. The molecule has 0 saturated heterocycles. The van der Waals surface area contributed by atoms with Gasteiger partial charge in [-0.25, -0.2) is 0 Å². The molecule has 7 nitrogen and oxygen atoms in total. The molecular formula is C19H23F3N4O3.